The Morgan fingerprint density at radius 3 is 2.42 bits per heavy atom. The number of para-hydroxylation sites is 1. The van der Waals surface area contributed by atoms with Gasteiger partial charge in [-0.1, -0.05) is 36.4 Å². The molecule has 0 radical (unpaired) electrons. The molecule has 2 nitrogen and oxygen atoms in total. The minimum atomic E-state index is -0.134. The Morgan fingerprint density at radius 2 is 1.63 bits per heavy atom. The molecule has 0 amide bonds. The van der Waals surface area contributed by atoms with Gasteiger partial charge in [-0.25, -0.2) is 4.39 Å². The molecule has 0 aliphatic heterocycles. The lowest BCUT2D eigenvalue weighted by Crippen LogP contribution is -2.23. The van der Waals surface area contributed by atoms with Crippen LogP contribution in [0.4, 0.5) is 4.39 Å². The Labute approximate surface area is 113 Å². The van der Waals surface area contributed by atoms with Crippen molar-refractivity contribution in [2.45, 2.75) is 6.42 Å². The van der Waals surface area contributed by atoms with Crippen molar-refractivity contribution >= 4 is 0 Å². The summed E-state index contributed by atoms with van der Waals surface area (Å²) in [5, 5.41) is 3.24. The number of rotatable bonds is 7. The molecule has 0 spiro atoms. The van der Waals surface area contributed by atoms with Crippen molar-refractivity contribution in [3.8, 4) is 5.75 Å². The summed E-state index contributed by atoms with van der Waals surface area (Å²) in [4.78, 5) is 0. The molecule has 100 valence electrons. The molecule has 0 saturated carbocycles. The van der Waals surface area contributed by atoms with E-state index < -0.39 is 0 Å². The second kappa shape index (κ2) is 7.54. The third kappa shape index (κ3) is 4.72. The topological polar surface area (TPSA) is 21.3 Å². The van der Waals surface area contributed by atoms with Crippen LogP contribution in [0.2, 0.25) is 0 Å². The van der Waals surface area contributed by atoms with Gasteiger partial charge in [-0.2, -0.15) is 0 Å². The highest BCUT2D eigenvalue weighted by Gasteiger charge is 1.99. The zero-order chi connectivity index (χ0) is 13.3. The van der Waals surface area contributed by atoms with Crippen LogP contribution in [-0.4, -0.2) is 19.7 Å². The molecule has 2 aromatic carbocycles. The molecular weight excluding hydrogens is 241 g/mol. The summed E-state index contributed by atoms with van der Waals surface area (Å²) in [5.41, 5.74) is 0.749. The Kier molecular flexibility index (Phi) is 5.38. The average Bonchev–Trinajstić information content (AvgIpc) is 2.45. The smallest absolute Gasteiger partial charge is 0.126 e. The molecule has 19 heavy (non-hydrogen) atoms. The minimum absolute atomic E-state index is 0.134. The Bertz CT molecular complexity index is 487. The van der Waals surface area contributed by atoms with E-state index in [1.54, 1.807) is 6.07 Å². The first-order valence-corrected chi connectivity index (χ1v) is 6.48. The van der Waals surface area contributed by atoms with E-state index in [2.05, 4.69) is 5.32 Å². The van der Waals surface area contributed by atoms with Gasteiger partial charge in [0.15, 0.2) is 0 Å². The lowest BCUT2D eigenvalue weighted by atomic mass is 10.1. The number of ether oxygens (including phenoxy) is 1. The van der Waals surface area contributed by atoms with E-state index in [1.807, 2.05) is 42.5 Å². The van der Waals surface area contributed by atoms with Gasteiger partial charge < -0.3 is 10.1 Å². The summed E-state index contributed by atoms with van der Waals surface area (Å²) in [7, 11) is 0. The first-order chi connectivity index (χ1) is 9.36. The van der Waals surface area contributed by atoms with Crippen molar-refractivity contribution in [1.82, 2.24) is 5.32 Å². The van der Waals surface area contributed by atoms with Crippen molar-refractivity contribution in [2.24, 2.45) is 0 Å². The first-order valence-electron chi connectivity index (χ1n) is 6.48. The zero-order valence-electron chi connectivity index (χ0n) is 10.8. The number of hydrogen-bond acceptors (Lipinski definition) is 2. The molecule has 0 aliphatic rings. The summed E-state index contributed by atoms with van der Waals surface area (Å²) in [6.45, 7) is 2.11. The summed E-state index contributed by atoms with van der Waals surface area (Å²) in [6, 6.07) is 16.6. The monoisotopic (exact) mass is 259 g/mol. The average molecular weight is 259 g/mol. The van der Waals surface area contributed by atoms with Crippen LogP contribution in [0.1, 0.15) is 5.56 Å². The van der Waals surface area contributed by atoms with Gasteiger partial charge in [0, 0.05) is 6.54 Å². The molecule has 0 unspecified atom stereocenters. The van der Waals surface area contributed by atoms with Crippen molar-refractivity contribution in [1.29, 1.82) is 0 Å². The zero-order valence-corrected chi connectivity index (χ0v) is 10.8. The van der Waals surface area contributed by atoms with Crippen LogP contribution in [0.3, 0.4) is 0 Å². The third-order valence-electron chi connectivity index (χ3n) is 2.82. The number of benzene rings is 2. The molecule has 1 N–H and O–H groups in total. The van der Waals surface area contributed by atoms with E-state index in [0.717, 1.165) is 24.4 Å². The van der Waals surface area contributed by atoms with Gasteiger partial charge in [-0.3, -0.25) is 0 Å². The van der Waals surface area contributed by atoms with E-state index in [4.69, 9.17) is 4.74 Å². The molecule has 0 aliphatic carbocycles. The minimum Gasteiger partial charge on any atom is -0.492 e. The van der Waals surface area contributed by atoms with E-state index in [0.29, 0.717) is 13.0 Å². The fourth-order valence-electron chi connectivity index (χ4n) is 1.81. The van der Waals surface area contributed by atoms with Gasteiger partial charge in [0.05, 0.1) is 0 Å². The quantitative estimate of drug-likeness (QED) is 0.772. The van der Waals surface area contributed by atoms with E-state index in [1.165, 1.54) is 6.07 Å². The maximum absolute atomic E-state index is 13.3. The first kappa shape index (κ1) is 13.6. The van der Waals surface area contributed by atoms with Crippen LogP contribution < -0.4 is 10.1 Å². The van der Waals surface area contributed by atoms with Gasteiger partial charge in [0.25, 0.3) is 0 Å². The molecule has 0 atom stereocenters. The van der Waals surface area contributed by atoms with E-state index in [-0.39, 0.29) is 5.82 Å². The predicted octanol–water partition coefficient (Wildman–Crippen LogP) is 3.04. The Morgan fingerprint density at radius 1 is 0.895 bits per heavy atom. The van der Waals surface area contributed by atoms with E-state index >= 15 is 0 Å². The van der Waals surface area contributed by atoms with Gasteiger partial charge in [-0.05, 0) is 36.7 Å². The van der Waals surface area contributed by atoms with Crippen LogP contribution in [0.15, 0.2) is 54.6 Å². The van der Waals surface area contributed by atoms with Gasteiger partial charge in [-0.15, -0.1) is 0 Å². The molecule has 2 rings (SSSR count). The molecule has 0 fully saturated rings. The summed E-state index contributed by atoms with van der Waals surface area (Å²) >= 11 is 0. The normalized spacial score (nSPS) is 10.4. The summed E-state index contributed by atoms with van der Waals surface area (Å²) in [5.74, 6) is 0.739. The second-order valence-corrected chi connectivity index (χ2v) is 4.25. The van der Waals surface area contributed by atoms with Crippen molar-refractivity contribution < 1.29 is 9.13 Å². The van der Waals surface area contributed by atoms with Crippen LogP contribution in [-0.2, 0) is 6.42 Å². The standard InChI is InChI=1S/C16H18FNO/c17-16-9-5-4-6-14(16)10-11-18-12-13-19-15-7-2-1-3-8-15/h1-9,18H,10-13H2. The van der Waals surface area contributed by atoms with Crippen LogP contribution in [0, 0.1) is 5.82 Å². The fraction of sp³-hybridized carbons (Fsp3) is 0.250. The lowest BCUT2D eigenvalue weighted by molar-refractivity contribution is 0.314. The number of halogens is 1. The summed E-state index contributed by atoms with van der Waals surface area (Å²) in [6.07, 6.45) is 0.692. The van der Waals surface area contributed by atoms with Crippen LogP contribution in [0.25, 0.3) is 0 Å². The highest BCUT2D eigenvalue weighted by Crippen LogP contribution is 2.07. The van der Waals surface area contributed by atoms with Crippen LogP contribution >= 0.6 is 0 Å². The molecule has 0 heterocycles. The maximum atomic E-state index is 13.3. The number of nitrogens with one attached hydrogen (secondary N) is 1. The van der Waals surface area contributed by atoms with Crippen molar-refractivity contribution in [3.05, 3.63) is 66.0 Å². The highest BCUT2D eigenvalue weighted by atomic mass is 19.1. The van der Waals surface area contributed by atoms with Gasteiger partial charge >= 0.3 is 0 Å². The predicted molar refractivity (Wildman–Crippen MR) is 74.9 cm³/mol. The van der Waals surface area contributed by atoms with Crippen molar-refractivity contribution in [2.75, 3.05) is 19.7 Å². The van der Waals surface area contributed by atoms with E-state index in [9.17, 15) is 4.39 Å². The molecule has 0 bridgehead atoms. The summed E-state index contributed by atoms with van der Waals surface area (Å²) < 4.78 is 18.9. The highest BCUT2D eigenvalue weighted by molar-refractivity contribution is 5.20. The second-order valence-electron chi connectivity index (χ2n) is 4.25. The third-order valence-corrected chi connectivity index (χ3v) is 2.82. The maximum Gasteiger partial charge on any atom is 0.126 e. The largest absolute Gasteiger partial charge is 0.492 e. The molecule has 3 heteroatoms. The Balaban J connectivity index is 1.59. The molecular formula is C16H18FNO. The SMILES string of the molecule is Fc1ccccc1CCNCCOc1ccccc1. The van der Waals surface area contributed by atoms with Gasteiger partial charge in [0.1, 0.15) is 18.2 Å². The number of hydrogen-bond donors (Lipinski definition) is 1. The van der Waals surface area contributed by atoms with Crippen molar-refractivity contribution in [3.63, 3.8) is 0 Å². The molecule has 0 saturated heterocycles. The fourth-order valence-corrected chi connectivity index (χ4v) is 1.81. The molecule has 2 aromatic rings. The lowest BCUT2D eigenvalue weighted by Gasteiger charge is -2.07. The van der Waals surface area contributed by atoms with Gasteiger partial charge in [0.2, 0.25) is 0 Å². The van der Waals surface area contributed by atoms with Crippen LogP contribution in [0.5, 0.6) is 5.75 Å². The molecule has 0 aromatic heterocycles. The Hall–Kier alpha value is -1.87.